The number of ether oxygens (including phenoxy) is 2. The highest BCUT2D eigenvalue weighted by Crippen LogP contribution is 2.36. The molecule has 2 aromatic heterocycles. The first-order valence-corrected chi connectivity index (χ1v) is 9.81. The summed E-state index contributed by atoms with van der Waals surface area (Å²) in [5.41, 5.74) is 3.11. The van der Waals surface area contributed by atoms with Gasteiger partial charge in [0, 0.05) is 30.6 Å². The van der Waals surface area contributed by atoms with Crippen molar-refractivity contribution in [3.8, 4) is 11.5 Å². The van der Waals surface area contributed by atoms with E-state index in [2.05, 4.69) is 42.6 Å². The Morgan fingerprint density at radius 2 is 1.66 bits per heavy atom. The van der Waals surface area contributed by atoms with E-state index >= 15 is 0 Å². The van der Waals surface area contributed by atoms with Crippen molar-refractivity contribution in [1.82, 2.24) is 19.5 Å². The molecule has 0 atom stereocenters. The van der Waals surface area contributed by atoms with Crippen LogP contribution in [0, 0.1) is 0 Å². The number of fused-ring (bicyclic) bond motifs is 2. The Kier molecular flexibility index (Phi) is 4.42. The van der Waals surface area contributed by atoms with Gasteiger partial charge < -0.3 is 18.9 Å². The second-order valence-electron chi connectivity index (χ2n) is 7.28. The summed E-state index contributed by atoms with van der Waals surface area (Å²) >= 11 is 0. The highest BCUT2D eigenvalue weighted by atomic mass is 16.5. The van der Waals surface area contributed by atoms with Gasteiger partial charge in [-0.3, -0.25) is 0 Å². The molecule has 2 aromatic carbocycles. The Morgan fingerprint density at radius 3 is 2.45 bits per heavy atom. The molecule has 3 heterocycles. The van der Waals surface area contributed by atoms with Gasteiger partial charge in [0.05, 0.1) is 37.1 Å². The fraction of sp³-hybridized carbons (Fsp3) is 0.318. The first kappa shape index (κ1) is 17.7. The Hall–Kier alpha value is -3.35. The fourth-order valence-electron chi connectivity index (χ4n) is 4.25. The number of imidazole rings is 1. The number of rotatable bonds is 4. The molecule has 1 saturated heterocycles. The number of piperidine rings is 1. The molecule has 148 valence electrons. The summed E-state index contributed by atoms with van der Waals surface area (Å²) in [7, 11) is 3.28. The van der Waals surface area contributed by atoms with Crippen LogP contribution in [0.25, 0.3) is 21.9 Å². The molecule has 0 bridgehead atoms. The molecule has 29 heavy (non-hydrogen) atoms. The second kappa shape index (κ2) is 7.24. The largest absolute Gasteiger partial charge is 0.493 e. The third-order valence-corrected chi connectivity index (χ3v) is 5.76. The quantitative estimate of drug-likeness (QED) is 0.528. The number of anilines is 1. The predicted molar refractivity (Wildman–Crippen MR) is 113 cm³/mol. The maximum Gasteiger partial charge on any atom is 0.162 e. The number of para-hydroxylation sites is 2. The molecule has 0 saturated carbocycles. The minimum Gasteiger partial charge on any atom is -0.493 e. The molecule has 5 rings (SSSR count). The van der Waals surface area contributed by atoms with Gasteiger partial charge in [-0.15, -0.1) is 0 Å². The zero-order valence-electron chi connectivity index (χ0n) is 16.6. The van der Waals surface area contributed by atoms with E-state index in [0.29, 0.717) is 17.5 Å². The van der Waals surface area contributed by atoms with Crippen LogP contribution in [0.1, 0.15) is 18.9 Å². The number of hydrogen-bond donors (Lipinski definition) is 0. The Labute approximate surface area is 168 Å². The van der Waals surface area contributed by atoms with Crippen molar-refractivity contribution in [1.29, 1.82) is 0 Å². The maximum absolute atomic E-state index is 5.48. The van der Waals surface area contributed by atoms with Gasteiger partial charge >= 0.3 is 0 Å². The van der Waals surface area contributed by atoms with E-state index in [1.165, 1.54) is 5.52 Å². The fourth-order valence-corrected chi connectivity index (χ4v) is 4.25. The van der Waals surface area contributed by atoms with Gasteiger partial charge in [-0.1, -0.05) is 12.1 Å². The zero-order chi connectivity index (χ0) is 19.8. The molecule has 4 aromatic rings. The van der Waals surface area contributed by atoms with E-state index < -0.39 is 0 Å². The van der Waals surface area contributed by atoms with E-state index in [1.54, 1.807) is 20.5 Å². The summed E-state index contributed by atoms with van der Waals surface area (Å²) in [4.78, 5) is 15.9. The van der Waals surface area contributed by atoms with E-state index in [4.69, 9.17) is 9.47 Å². The van der Waals surface area contributed by atoms with Crippen LogP contribution in [0.5, 0.6) is 11.5 Å². The van der Waals surface area contributed by atoms with E-state index in [-0.39, 0.29) is 0 Å². The van der Waals surface area contributed by atoms with Gasteiger partial charge in [-0.2, -0.15) is 0 Å². The van der Waals surface area contributed by atoms with Crippen LogP contribution in [0.2, 0.25) is 0 Å². The normalized spacial score (nSPS) is 15.2. The number of nitrogens with zero attached hydrogens (tertiary/aromatic N) is 5. The van der Waals surface area contributed by atoms with Gasteiger partial charge in [-0.25, -0.2) is 15.0 Å². The molecular weight excluding hydrogens is 366 g/mol. The van der Waals surface area contributed by atoms with Crippen molar-refractivity contribution in [3.05, 3.63) is 49.1 Å². The lowest BCUT2D eigenvalue weighted by Crippen LogP contribution is -2.35. The lowest BCUT2D eigenvalue weighted by Gasteiger charge is -2.34. The summed E-state index contributed by atoms with van der Waals surface area (Å²) in [6, 6.07) is 12.6. The summed E-state index contributed by atoms with van der Waals surface area (Å²) in [5, 5.41) is 0.983. The SMILES string of the molecule is COc1cc2ncnc(N3CCC(n4cnc5ccccc54)CC3)c2cc1OC. The molecule has 1 aliphatic heterocycles. The molecule has 0 unspecified atom stereocenters. The summed E-state index contributed by atoms with van der Waals surface area (Å²) < 4.78 is 13.2. The minimum atomic E-state index is 0.446. The maximum atomic E-state index is 5.48. The Morgan fingerprint density at radius 1 is 0.897 bits per heavy atom. The van der Waals surface area contributed by atoms with Gasteiger partial charge in [0.15, 0.2) is 11.5 Å². The smallest absolute Gasteiger partial charge is 0.162 e. The molecule has 0 amide bonds. The third-order valence-electron chi connectivity index (χ3n) is 5.76. The monoisotopic (exact) mass is 389 g/mol. The third kappa shape index (κ3) is 3.03. The molecule has 7 nitrogen and oxygen atoms in total. The van der Waals surface area contributed by atoms with Crippen molar-refractivity contribution in [3.63, 3.8) is 0 Å². The molecule has 1 aliphatic rings. The van der Waals surface area contributed by atoms with Crippen LogP contribution in [-0.2, 0) is 0 Å². The highest BCUT2D eigenvalue weighted by Gasteiger charge is 2.24. The molecule has 0 aliphatic carbocycles. The van der Waals surface area contributed by atoms with Crippen molar-refractivity contribution in [2.45, 2.75) is 18.9 Å². The summed E-state index contributed by atoms with van der Waals surface area (Å²) in [5.74, 6) is 2.32. The number of methoxy groups -OCH3 is 2. The van der Waals surface area contributed by atoms with Crippen LogP contribution in [0.3, 0.4) is 0 Å². The Bertz CT molecular complexity index is 1160. The standard InChI is InChI=1S/C22H23N5O2/c1-28-20-11-16-18(12-21(20)29-2)23-13-24-22(16)26-9-7-15(8-10-26)27-14-25-17-5-3-4-6-19(17)27/h3-6,11-15H,7-10H2,1-2H3. The highest BCUT2D eigenvalue weighted by molar-refractivity contribution is 5.92. The minimum absolute atomic E-state index is 0.446. The topological polar surface area (TPSA) is 65.3 Å². The van der Waals surface area contributed by atoms with Gasteiger partial charge in [0.25, 0.3) is 0 Å². The first-order valence-electron chi connectivity index (χ1n) is 9.81. The lowest BCUT2D eigenvalue weighted by atomic mass is 10.0. The molecule has 0 radical (unpaired) electrons. The van der Waals surface area contributed by atoms with Crippen molar-refractivity contribution in [2.75, 3.05) is 32.2 Å². The molecular formula is C22H23N5O2. The van der Waals surface area contributed by atoms with E-state index in [9.17, 15) is 0 Å². The van der Waals surface area contributed by atoms with E-state index in [1.807, 2.05) is 24.5 Å². The summed E-state index contributed by atoms with van der Waals surface area (Å²) in [6.07, 6.45) is 5.68. The lowest BCUT2D eigenvalue weighted by molar-refractivity contribution is 0.355. The van der Waals surface area contributed by atoms with Crippen LogP contribution in [-0.4, -0.2) is 46.8 Å². The second-order valence-corrected chi connectivity index (χ2v) is 7.28. The average Bonchev–Trinajstić information content (AvgIpc) is 3.22. The van der Waals surface area contributed by atoms with Crippen molar-refractivity contribution >= 4 is 27.8 Å². The van der Waals surface area contributed by atoms with Crippen LogP contribution in [0.15, 0.2) is 49.1 Å². The first-order chi connectivity index (χ1) is 14.3. The van der Waals surface area contributed by atoms with Crippen LogP contribution in [0.4, 0.5) is 5.82 Å². The van der Waals surface area contributed by atoms with Crippen molar-refractivity contribution in [2.24, 2.45) is 0 Å². The average molecular weight is 389 g/mol. The predicted octanol–water partition coefficient (Wildman–Crippen LogP) is 3.84. The van der Waals surface area contributed by atoms with Gasteiger partial charge in [-0.05, 0) is 31.0 Å². The summed E-state index contributed by atoms with van der Waals surface area (Å²) in [6.45, 7) is 1.86. The van der Waals surface area contributed by atoms with Gasteiger partial charge in [0.2, 0.25) is 0 Å². The zero-order valence-corrected chi connectivity index (χ0v) is 16.6. The van der Waals surface area contributed by atoms with E-state index in [0.717, 1.165) is 48.2 Å². The number of benzene rings is 2. The molecule has 0 N–H and O–H groups in total. The molecule has 7 heteroatoms. The molecule has 0 spiro atoms. The van der Waals surface area contributed by atoms with Crippen LogP contribution >= 0.6 is 0 Å². The van der Waals surface area contributed by atoms with Crippen LogP contribution < -0.4 is 14.4 Å². The number of aromatic nitrogens is 4. The Balaban J connectivity index is 1.42. The number of hydrogen-bond acceptors (Lipinski definition) is 6. The van der Waals surface area contributed by atoms with Gasteiger partial charge in [0.1, 0.15) is 12.1 Å². The molecule has 1 fully saturated rings. The van der Waals surface area contributed by atoms with Crippen molar-refractivity contribution < 1.29 is 9.47 Å².